The number of aromatic nitrogens is 3. The lowest BCUT2D eigenvalue weighted by Gasteiger charge is -2.33. The fourth-order valence-corrected chi connectivity index (χ4v) is 4.28. The highest BCUT2D eigenvalue weighted by atomic mass is 16.5. The van der Waals surface area contributed by atoms with E-state index < -0.39 is 11.9 Å². The van der Waals surface area contributed by atoms with E-state index in [2.05, 4.69) is 36.2 Å². The largest absolute Gasteiger partial charge is 0.464 e. The number of nitrogens with zero attached hydrogens (tertiary/aromatic N) is 2. The Balaban J connectivity index is 1.78. The third-order valence-corrected chi connectivity index (χ3v) is 6.70. The summed E-state index contributed by atoms with van der Waals surface area (Å²) in [5.74, 6) is -0.378. The minimum Gasteiger partial charge on any atom is -0.464 e. The number of nitrogens with two attached hydrogens (primary N) is 1. The molecular weight excluding hydrogens is 382 g/mol. The molecule has 0 bridgehead atoms. The minimum absolute atomic E-state index is 0.0840. The Kier molecular flexibility index (Phi) is 4.80. The summed E-state index contributed by atoms with van der Waals surface area (Å²) >= 11 is 0. The number of nitrogens with one attached hydrogen (secondary N) is 2. The molecule has 1 unspecified atom stereocenters. The minimum atomic E-state index is -0.520. The van der Waals surface area contributed by atoms with Crippen molar-refractivity contribution in [1.29, 1.82) is 0 Å². The van der Waals surface area contributed by atoms with Crippen molar-refractivity contribution in [2.24, 2.45) is 17.1 Å². The van der Waals surface area contributed by atoms with Crippen LogP contribution in [-0.2, 0) is 4.74 Å². The summed E-state index contributed by atoms with van der Waals surface area (Å²) in [5, 5.41) is 7.98. The Bertz CT molecular complexity index is 1130. The summed E-state index contributed by atoms with van der Waals surface area (Å²) in [6.45, 7) is 6.77. The highest BCUT2D eigenvalue weighted by molar-refractivity contribution is 6.02. The molecular formula is C22H27N5O3. The van der Waals surface area contributed by atoms with E-state index in [9.17, 15) is 9.59 Å². The first-order chi connectivity index (χ1) is 14.2. The molecule has 4 rings (SSSR count). The third-order valence-electron chi connectivity index (χ3n) is 6.70. The number of hydrogen-bond acceptors (Lipinski definition) is 5. The maximum Gasteiger partial charge on any atom is 0.354 e. The molecule has 3 aromatic rings. The number of aromatic amines is 1. The van der Waals surface area contributed by atoms with E-state index in [0.717, 1.165) is 29.5 Å². The fraction of sp³-hybridized carbons (Fsp3) is 0.409. The molecule has 1 saturated carbocycles. The molecule has 3 aromatic heterocycles. The molecule has 0 aromatic carbocycles. The van der Waals surface area contributed by atoms with Gasteiger partial charge in [-0.3, -0.25) is 4.79 Å². The van der Waals surface area contributed by atoms with E-state index in [1.165, 1.54) is 13.3 Å². The average molecular weight is 409 g/mol. The normalized spacial score (nSPS) is 20.4. The monoisotopic (exact) mass is 409 g/mol. The maximum atomic E-state index is 12.1. The van der Waals surface area contributed by atoms with Crippen LogP contribution in [0.2, 0.25) is 0 Å². The Morgan fingerprint density at radius 3 is 2.70 bits per heavy atom. The van der Waals surface area contributed by atoms with Gasteiger partial charge in [0.1, 0.15) is 5.69 Å². The van der Waals surface area contributed by atoms with Gasteiger partial charge in [0.05, 0.1) is 30.1 Å². The molecule has 1 aliphatic rings. The van der Waals surface area contributed by atoms with Gasteiger partial charge in [-0.25, -0.2) is 9.31 Å². The molecule has 3 heterocycles. The van der Waals surface area contributed by atoms with Gasteiger partial charge in [-0.2, -0.15) is 5.10 Å². The molecule has 0 aliphatic heterocycles. The van der Waals surface area contributed by atoms with Gasteiger partial charge in [-0.1, -0.05) is 20.8 Å². The summed E-state index contributed by atoms with van der Waals surface area (Å²) in [5.41, 5.74) is 9.62. The molecule has 8 nitrogen and oxygen atoms in total. The van der Waals surface area contributed by atoms with Crippen LogP contribution in [0.4, 0.5) is 5.69 Å². The van der Waals surface area contributed by atoms with Gasteiger partial charge in [-0.05, 0) is 36.3 Å². The maximum absolute atomic E-state index is 12.1. The number of hydrogen-bond donors (Lipinski definition) is 3. The summed E-state index contributed by atoms with van der Waals surface area (Å²) < 4.78 is 6.48. The van der Waals surface area contributed by atoms with E-state index in [4.69, 9.17) is 10.5 Å². The van der Waals surface area contributed by atoms with Crippen LogP contribution in [-0.4, -0.2) is 39.6 Å². The molecule has 1 fully saturated rings. The lowest BCUT2D eigenvalue weighted by molar-refractivity contribution is 0.0594. The van der Waals surface area contributed by atoms with Crippen LogP contribution in [0.15, 0.2) is 30.7 Å². The third kappa shape index (κ3) is 3.22. The van der Waals surface area contributed by atoms with Crippen molar-refractivity contribution in [3.8, 4) is 11.1 Å². The Morgan fingerprint density at radius 2 is 2.07 bits per heavy atom. The Hall–Kier alpha value is -3.29. The van der Waals surface area contributed by atoms with Crippen molar-refractivity contribution in [1.82, 2.24) is 14.6 Å². The van der Waals surface area contributed by atoms with Crippen molar-refractivity contribution < 1.29 is 14.3 Å². The topological polar surface area (TPSA) is 115 Å². The second kappa shape index (κ2) is 7.19. The number of amides is 1. The lowest BCUT2D eigenvalue weighted by atomic mass is 9.80. The number of carbonyl (C=O) groups is 2. The molecule has 1 aliphatic carbocycles. The van der Waals surface area contributed by atoms with Crippen molar-refractivity contribution in [3.05, 3.63) is 42.0 Å². The van der Waals surface area contributed by atoms with Gasteiger partial charge in [0, 0.05) is 29.6 Å². The standard InChI is InChI=1S/C22H27N5O3/c1-12-5-6-18(22(12,2)3)26-19-15(20(23)28)10-25-27-11-14(8-17(19)27)13-7-16(24-9-13)21(29)30-4/h7-12,18,24,26H,5-6H2,1-4H3,(H2,23,28)/t12?,18-/m1/s1. The second-order valence-electron chi connectivity index (χ2n) is 8.65. The highest BCUT2D eigenvalue weighted by Crippen LogP contribution is 2.44. The van der Waals surface area contributed by atoms with Crippen LogP contribution in [0.5, 0.6) is 0 Å². The summed E-state index contributed by atoms with van der Waals surface area (Å²) in [6.07, 6.45) is 7.26. The molecule has 0 saturated heterocycles. The number of primary amides is 1. The zero-order valence-electron chi connectivity index (χ0n) is 17.7. The van der Waals surface area contributed by atoms with Crippen molar-refractivity contribution in [3.63, 3.8) is 0 Å². The van der Waals surface area contributed by atoms with Gasteiger partial charge >= 0.3 is 5.97 Å². The molecule has 158 valence electrons. The van der Waals surface area contributed by atoms with Gasteiger partial charge in [0.15, 0.2) is 0 Å². The van der Waals surface area contributed by atoms with Crippen LogP contribution in [0.3, 0.4) is 0 Å². The van der Waals surface area contributed by atoms with Crippen molar-refractivity contribution in [2.45, 2.75) is 39.7 Å². The van der Waals surface area contributed by atoms with Crippen LogP contribution < -0.4 is 11.1 Å². The Morgan fingerprint density at radius 1 is 1.30 bits per heavy atom. The zero-order chi connectivity index (χ0) is 21.6. The molecule has 0 radical (unpaired) electrons. The molecule has 4 N–H and O–H groups in total. The predicted octanol–water partition coefficient (Wildman–Crippen LogP) is 3.45. The SMILES string of the molecule is COC(=O)c1cc(-c2cc3c(N[C@@H]4CCC(C)C4(C)C)c(C(N)=O)cnn3c2)c[nH]1. The molecule has 2 atom stereocenters. The second-order valence-corrected chi connectivity index (χ2v) is 8.65. The number of carbonyl (C=O) groups excluding carboxylic acids is 2. The number of methoxy groups -OCH3 is 1. The predicted molar refractivity (Wildman–Crippen MR) is 114 cm³/mol. The van der Waals surface area contributed by atoms with Gasteiger partial charge in [0.2, 0.25) is 0 Å². The summed E-state index contributed by atoms with van der Waals surface area (Å²) in [7, 11) is 1.34. The first-order valence-electron chi connectivity index (χ1n) is 10.1. The Labute approximate surface area is 174 Å². The van der Waals surface area contributed by atoms with E-state index in [0.29, 0.717) is 22.9 Å². The van der Waals surface area contributed by atoms with Crippen molar-refractivity contribution in [2.75, 3.05) is 12.4 Å². The van der Waals surface area contributed by atoms with Crippen LogP contribution >= 0.6 is 0 Å². The molecule has 0 spiro atoms. The first kappa shape index (κ1) is 20.0. The van der Waals surface area contributed by atoms with E-state index in [1.807, 2.05) is 12.3 Å². The zero-order valence-corrected chi connectivity index (χ0v) is 17.7. The highest BCUT2D eigenvalue weighted by Gasteiger charge is 2.41. The van der Waals surface area contributed by atoms with Crippen LogP contribution in [0, 0.1) is 11.3 Å². The van der Waals surface area contributed by atoms with E-state index in [-0.39, 0.29) is 11.5 Å². The first-order valence-corrected chi connectivity index (χ1v) is 10.1. The smallest absolute Gasteiger partial charge is 0.354 e. The van der Waals surface area contributed by atoms with Crippen LogP contribution in [0.1, 0.15) is 54.5 Å². The molecule has 8 heteroatoms. The number of fused-ring (bicyclic) bond motifs is 1. The quantitative estimate of drug-likeness (QED) is 0.559. The van der Waals surface area contributed by atoms with Crippen molar-refractivity contribution >= 4 is 23.1 Å². The van der Waals surface area contributed by atoms with Gasteiger partial charge in [0.25, 0.3) is 5.91 Å². The van der Waals surface area contributed by atoms with Gasteiger partial charge < -0.3 is 20.8 Å². The van der Waals surface area contributed by atoms with E-state index in [1.54, 1.807) is 16.8 Å². The lowest BCUT2D eigenvalue weighted by Crippen LogP contribution is -2.35. The average Bonchev–Trinajstić information content (AvgIpc) is 3.41. The van der Waals surface area contributed by atoms with E-state index >= 15 is 0 Å². The fourth-order valence-electron chi connectivity index (χ4n) is 4.28. The van der Waals surface area contributed by atoms with Crippen LogP contribution in [0.25, 0.3) is 16.6 Å². The van der Waals surface area contributed by atoms with Gasteiger partial charge in [-0.15, -0.1) is 0 Å². The summed E-state index contributed by atoms with van der Waals surface area (Å²) in [4.78, 5) is 26.8. The number of esters is 1. The number of anilines is 1. The number of rotatable bonds is 5. The summed E-state index contributed by atoms with van der Waals surface area (Å²) in [6, 6.07) is 3.88. The number of ether oxygens (including phenoxy) is 1. The molecule has 1 amide bonds. The molecule has 30 heavy (non-hydrogen) atoms. The number of H-pyrrole nitrogens is 1.